The highest BCUT2D eigenvalue weighted by molar-refractivity contribution is 6.32. The Balaban J connectivity index is 1.80. The molecule has 1 heterocycles. The van der Waals surface area contributed by atoms with Crippen molar-refractivity contribution in [1.29, 1.82) is 0 Å². The van der Waals surface area contributed by atoms with Crippen molar-refractivity contribution in [1.82, 2.24) is 20.1 Å². The Morgan fingerprint density at radius 1 is 1.50 bits per heavy atom. The standard InChI is InChI=1S/C13H15ClN4O2/c1-18-12(16-8-17-18)4-5-15-13(20)7-9-2-3-11(19)10(14)6-9/h2-3,6,8,19H,4-5,7H2,1H3,(H,15,20). The van der Waals surface area contributed by atoms with E-state index in [4.69, 9.17) is 11.6 Å². The van der Waals surface area contributed by atoms with E-state index in [2.05, 4.69) is 15.4 Å². The number of rotatable bonds is 5. The van der Waals surface area contributed by atoms with Gasteiger partial charge in [-0.3, -0.25) is 9.48 Å². The molecule has 1 aromatic heterocycles. The summed E-state index contributed by atoms with van der Waals surface area (Å²) in [5, 5.41) is 16.3. The number of carbonyl (C=O) groups excluding carboxylic acids is 1. The predicted molar refractivity (Wildman–Crippen MR) is 74.5 cm³/mol. The van der Waals surface area contributed by atoms with Gasteiger partial charge in [0.15, 0.2) is 0 Å². The van der Waals surface area contributed by atoms with E-state index in [1.165, 1.54) is 12.4 Å². The molecule has 0 radical (unpaired) electrons. The molecule has 1 aromatic carbocycles. The van der Waals surface area contributed by atoms with E-state index in [9.17, 15) is 9.90 Å². The van der Waals surface area contributed by atoms with Crippen molar-refractivity contribution in [3.63, 3.8) is 0 Å². The van der Waals surface area contributed by atoms with Gasteiger partial charge in [-0.25, -0.2) is 4.98 Å². The maximum absolute atomic E-state index is 11.8. The monoisotopic (exact) mass is 294 g/mol. The van der Waals surface area contributed by atoms with Gasteiger partial charge in [0.1, 0.15) is 17.9 Å². The van der Waals surface area contributed by atoms with E-state index in [0.717, 1.165) is 11.4 Å². The summed E-state index contributed by atoms with van der Waals surface area (Å²) in [5.74, 6) is 0.727. The number of hydrogen-bond acceptors (Lipinski definition) is 4. The van der Waals surface area contributed by atoms with E-state index in [0.29, 0.717) is 13.0 Å². The smallest absolute Gasteiger partial charge is 0.224 e. The van der Waals surface area contributed by atoms with E-state index < -0.39 is 0 Å². The number of phenolic OH excluding ortho intramolecular Hbond substituents is 1. The molecule has 7 heteroatoms. The number of amides is 1. The lowest BCUT2D eigenvalue weighted by atomic mass is 10.1. The second-order valence-corrected chi connectivity index (χ2v) is 4.77. The Kier molecular flexibility index (Phi) is 4.57. The van der Waals surface area contributed by atoms with Crippen molar-refractivity contribution >= 4 is 17.5 Å². The topological polar surface area (TPSA) is 80.0 Å². The van der Waals surface area contributed by atoms with Crippen molar-refractivity contribution in [3.8, 4) is 5.75 Å². The maximum Gasteiger partial charge on any atom is 0.224 e. The third-order valence-corrected chi connectivity index (χ3v) is 3.16. The number of aryl methyl sites for hydroxylation is 1. The van der Waals surface area contributed by atoms with Crippen LogP contribution in [0, 0.1) is 0 Å². The summed E-state index contributed by atoms with van der Waals surface area (Å²) in [5.41, 5.74) is 0.754. The fourth-order valence-electron chi connectivity index (χ4n) is 1.77. The second kappa shape index (κ2) is 6.38. The lowest BCUT2D eigenvalue weighted by molar-refractivity contribution is -0.120. The molecule has 6 nitrogen and oxygen atoms in total. The van der Waals surface area contributed by atoms with Crippen LogP contribution < -0.4 is 5.32 Å². The highest BCUT2D eigenvalue weighted by Crippen LogP contribution is 2.23. The number of carbonyl (C=O) groups is 1. The van der Waals surface area contributed by atoms with Crippen LogP contribution in [0.3, 0.4) is 0 Å². The van der Waals surface area contributed by atoms with Crippen LogP contribution >= 0.6 is 11.6 Å². The number of hydrogen-bond donors (Lipinski definition) is 2. The molecule has 2 rings (SSSR count). The van der Waals surface area contributed by atoms with Crippen molar-refractivity contribution in [3.05, 3.63) is 40.9 Å². The van der Waals surface area contributed by atoms with Gasteiger partial charge in [-0.15, -0.1) is 0 Å². The molecule has 2 N–H and O–H groups in total. The zero-order valence-electron chi connectivity index (χ0n) is 11.0. The van der Waals surface area contributed by atoms with Gasteiger partial charge in [0.2, 0.25) is 5.91 Å². The van der Waals surface area contributed by atoms with Crippen molar-refractivity contribution < 1.29 is 9.90 Å². The van der Waals surface area contributed by atoms with Gasteiger partial charge in [0.25, 0.3) is 0 Å². The molecule has 20 heavy (non-hydrogen) atoms. The Morgan fingerprint density at radius 3 is 2.95 bits per heavy atom. The first-order valence-electron chi connectivity index (χ1n) is 6.13. The van der Waals surface area contributed by atoms with Crippen LogP contribution in [-0.2, 0) is 24.7 Å². The number of aromatic nitrogens is 3. The molecule has 0 aliphatic rings. The third-order valence-electron chi connectivity index (χ3n) is 2.85. The van der Waals surface area contributed by atoms with Crippen molar-refractivity contribution in [2.24, 2.45) is 7.05 Å². The Hall–Kier alpha value is -2.08. The average Bonchev–Trinajstić information content (AvgIpc) is 2.80. The SMILES string of the molecule is Cn1ncnc1CCNC(=O)Cc1ccc(O)c(Cl)c1. The minimum Gasteiger partial charge on any atom is -0.506 e. The van der Waals surface area contributed by atoms with Gasteiger partial charge in [0.05, 0.1) is 11.4 Å². The van der Waals surface area contributed by atoms with Crippen LogP contribution in [0.2, 0.25) is 5.02 Å². The third kappa shape index (κ3) is 3.71. The fourth-order valence-corrected chi connectivity index (χ4v) is 1.97. The lowest BCUT2D eigenvalue weighted by Crippen LogP contribution is -2.27. The molecule has 1 amide bonds. The summed E-state index contributed by atoms with van der Waals surface area (Å²) in [7, 11) is 1.81. The molecule has 0 unspecified atom stereocenters. The number of phenols is 1. The molecule has 0 atom stereocenters. The van der Waals surface area contributed by atoms with Crippen molar-refractivity contribution in [2.45, 2.75) is 12.8 Å². The van der Waals surface area contributed by atoms with E-state index in [1.54, 1.807) is 16.8 Å². The van der Waals surface area contributed by atoms with Crippen LogP contribution in [0.25, 0.3) is 0 Å². The van der Waals surface area contributed by atoms with Gasteiger partial charge in [-0.05, 0) is 17.7 Å². The van der Waals surface area contributed by atoms with E-state index >= 15 is 0 Å². The van der Waals surface area contributed by atoms with E-state index in [1.807, 2.05) is 7.05 Å². The highest BCUT2D eigenvalue weighted by Gasteiger charge is 2.06. The molecule has 0 aliphatic carbocycles. The van der Waals surface area contributed by atoms with Gasteiger partial charge in [-0.1, -0.05) is 17.7 Å². The summed E-state index contributed by atoms with van der Waals surface area (Å²) in [6, 6.07) is 4.73. The summed E-state index contributed by atoms with van der Waals surface area (Å²) in [6.07, 6.45) is 2.33. The fraction of sp³-hybridized carbons (Fsp3) is 0.308. The normalized spacial score (nSPS) is 10.5. The molecule has 0 saturated carbocycles. The van der Waals surface area contributed by atoms with Crippen LogP contribution in [0.5, 0.6) is 5.75 Å². The molecule has 0 aliphatic heterocycles. The lowest BCUT2D eigenvalue weighted by Gasteiger charge is -2.06. The molecule has 0 bridgehead atoms. The average molecular weight is 295 g/mol. The van der Waals surface area contributed by atoms with Gasteiger partial charge >= 0.3 is 0 Å². The van der Waals surface area contributed by atoms with Gasteiger partial charge < -0.3 is 10.4 Å². The quantitative estimate of drug-likeness (QED) is 0.864. The van der Waals surface area contributed by atoms with Crippen LogP contribution in [-0.4, -0.2) is 32.3 Å². The minimum absolute atomic E-state index is 0.0121. The summed E-state index contributed by atoms with van der Waals surface area (Å²) >= 11 is 5.79. The molecule has 0 fully saturated rings. The van der Waals surface area contributed by atoms with Crippen LogP contribution in [0.1, 0.15) is 11.4 Å². The molecule has 106 valence electrons. The second-order valence-electron chi connectivity index (χ2n) is 4.36. The Morgan fingerprint density at radius 2 is 2.30 bits per heavy atom. The molecule has 0 saturated heterocycles. The first-order valence-corrected chi connectivity index (χ1v) is 6.51. The Bertz CT molecular complexity index is 612. The first kappa shape index (κ1) is 14.3. The van der Waals surface area contributed by atoms with Gasteiger partial charge in [0, 0.05) is 20.0 Å². The predicted octanol–water partition coefficient (Wildman–Crippen LogP) is 1.08. The van der Waals surface area contributed by atoms with Crippen LogP contribution in [0.4, 0.5) is 0 Å². The van der Waals surface area contributed by atoms with Crippen LogP contribution in [0.15, 0.2) is 24.5 Å². The molecular formula is C13H15ClN4O2. The largest absolute Gasteiger partial charge is 0.506 e. The zero-order valence-corrected chi connectivity index (χ0v) is 11.8. The number of benzene rings is 1. The number of aromatic hydroxyl groups is 1. The number of nitrogens with one attached hydrogen (secondary N) is 1. The first-order chi connectivity index (χ1) is 9.56. The molecule has 0 spiro atoms. The zero-order chi connectivity index (χ0) is 14.5. The van der Waals surface area contributed by atoms with Gasteiger partial charge in [-0.2, -0.15) is 5.10 Å². The summed E-state index contributed by atoms with van der Waals surface area (Å²) < 4.78 is 1.67. The number of nitrogens with zero attached hydrogens (tertiary/aromatic N) is 3. The summed E-state index contributed by atoms with van der Waals surface area (Å²) in [6.45, 7) is 0.497. The van der Waals surface area contributed by atoms with Crippen molar-refractivity contribution in [2.75, 3.05) is 6.54 Å². The minimum atomic E-state index is -0.103. The van der Waals surface area contributed by atoms with E-state index in [-0.39, 0.29) is 23.1 Å². The Labute approximate surface area is 121 Å². The maximum atomic E-state index is 11.8. The highest BCUT2D eigenvalue weighted by atomic mass is 35.5. The molecular weight excluding hydrogens is 280 g/mol. The summed E-state index contributed by atoms with van der Waals surface area (Å²) in [4.78, 5) is 15.8. The number of halogens is 1. The molecule has 2 aromatic rings.